The van der Waals surface area contributed by atoms with Crippen molar-refractivity contribution in [3.8, 4) is 5.88 Å². The predicted octanol–water partition coefficient (Wildman–Crippen LogP) is 3.78. The number of rotatable bonds is 7. The predicted molar refractivity (Wildman–Crippen MR) is 79.6 cm³/mol. The van der Waals surface area contributed by atoms with E-state index in [2.05, 4.69) is 34.7 Å². The Morgan fingerprint density at radius 3 is 2.89 bits per heavy atom. The molecular formula is C15H20N2OS. The molecule has 2 rings (SSSR count). The van der Waals surface area contributed by atoms with Crippen molar-refractivity contribution in [2.75, 3.05) is 7.11 Å². The van der Waals surface area contributed by atoms with Gasteiger partial charge in [-0.15, -0.1) is 11.3 Å². The van der Waals surface area contributed by atoms with Crippen LogP contribution in [0.15, 0.2) is 35.7 Å². The zero-order chi connectivity index (χ0) is 13.5. The minimum atomic E-state index is 0.415. The number of thiophene rings is 1. The summed E-state index contributed by atoms with van der Waals surface area (Å²) in [5.74, 6) is 0.669. The Balaban J connectivity index is 1.98. The van der Waals surface area contributed by atoms with Crippen molar-refractivity contribution in [2.24, 2.45) is 0 Å². The van der Waals surface area contributed by atoms with Crippen LogP contribution in [-0.4, -0.2) is 12.1 Å². The van der Waals surface area contributed by atoms with E-state index in [1.807, 2.05) is 18.2 Å². The molecule has 4 heteroatoms. The molecule has 0 aromatic carbocycles. The van der Waals surface area contributed by atoms with E-state index < -0.39 is 0 Å². The third kappa shape index (κ3) is 4.04. The second-order valence-electron chi connectivity index (χ2n) is 4.41. The number of hydrogen-bond donors (Lipinski definition) is 1. The second kappa shape index (κ2) is 7.26. The maximum absolute atomic E-state index is 5.14. The van der Waals surface area contributed by atoms with E-state index in [0.717, 1.165) is 18.7 Å². The molecule has 19 heavy (non-hydrogen) atoms. The Bertz CT molecular complexity index is 485. The average Bonchev–Trinajstić information content (AvgIpc) is 2.97. The quantitative estimate of drug-likeness (QED) is 0.835. The number of aromatic nitrogens is 1. The van der Waals surface area contributed by atoms with Gasteiger partial charge in [0.25, 0.3) is 0 Å². The van der Waals surface area contributed by atoms with Crippen LogP contribution in [0.25, 0.3) is 0 Å². The molecule has 0 bridgehead atoms. The fourth-order valence-electron chi connectivity index (χ4n) is 2.02. The highest BCUT2D eigenvalue weighted by Gasteiger charge is 2.11. The zero-order valence-corrected chi connectivity index (χ0v) is 12.2. The molecule has 1 unspecified atom stereocenters. The minimum absolute atomic E-state index is 0.415. The Kier molecular flexibility index (Phi) is 5.36. The van der Waals surface area contributed by atoms with E-state index in [1.165, 1.54) is 11.3 Å². The van der Waals surface area contributed by atoms with Crippen molar-refractivity contribution in [2.45, 2.75) is 32.4 Å². The van der Waals surface area contributed by atoms with E-state index in [-0.39, 0.29) is 0 Å². The average molecular weight is 276 g/mol. The molecule has 0 aliphatic rings. The Labute approximate surface area is 118 Å². The van der Waals surface area contributed by atoms with Crippen LogP contribution in [0.4, 0.5) is 0 Å². The van der Waals surface area contributed by atoms with Crippen molar-refractivity contribution in [3.05, 3.63) is 46.3 Å². The smallest absolute Gasteiger partial charge is 0.213 e. The fraction of sp³-hybridized carbons (Fsp3) is 0.400. The van der Waals surface area contributed by atoms with Gasteiger partial charge in [-0.2, -0.15) is 0 Å². The van der Waals surface area contributed by atoms with Crippen LogP contribution < -0.4 is 10.1 Å². The molecule has 0 aliphatic carbocycles. The molecule has 0 radical (unpaired) electrons. The molecule has 102 valence electrons. The molecule has 3 nitrogen and oxygen atoms in total. The summed E-state index contributed by atoms with van der Waals surface area (Å²) >= 11 is 1.81. The molecule has 1 atom stereocenters. The van der Waals surface area contributed by atoms with Crippen molar-refractivity contribution in [3.63, 3.8) is 0 Å². The van der Waals surface area contributed by atoms with Crippen molar-refractivity contribution in [1.29, 1.82) is 0 Å². The van der Waals surface area contributed by atoms with Gasteiger partial charge in [0.05, 0.1) is 12.8 Å². The van der Waals surface area contributed by atoms with Gasteiger partial charge in [0.15, 0.2) is 0 Å². The monoisotopic (exact) mass is 276 g/mol. The summed E-state index contributed by atoms with van der Waals surface area (Å²) in [5.41, 5.74) is 1.01. The van der Waals surface area contributed by atoms with Crippen LogP contribution in [0.1, 0.15) is 36.4 Å². The molecule has 0 saturated heterocycles. The topological polar surface area (TPSA) is 34.1 Å². The number of methoxy groups -OCH3 is 1. The number of nitrogens with zero attached hydrogens (tertiary/aromatic N) is 1. The van der Waals surface area contributed by atoms with Gasteiger partial charge in [0, 0.05) is 23.5 Å². The Morgan fingerprint density at radius 1 is 1.32 bits per heavy atom. The molecule has 1 N–H and O–H groups in total. The maximum Gasteiger partial charge on any atom is 0.213 e. The van der Waals surface area contributed by atoms with Gasteiger partial charge in [-0.05, 0) is 23.9 Å². The lowest BCUT2D eigenvalue weighted by Crippen LogP contribution is -2.20. The van der Waals surface area contributed by atoms with Gasteiger partial charge in [0.2, 0.25) is 5.88 Å². The summed E-state index contributed by atoms with van der Waals surface area (Å²) in [6, 6.07) is 10.6. The van der Waals surface area contributed by atoms with Gasteiger partial charge in [-0.1, -0.05) is 25.5 Å². The Hall–Kier alpha value is -1.39. The van der Waals surface area contributed by atoms with Crippen molar-refractivity contribution >= 4 is 11.3 Å². The fourth-order valence-corrected chi connectivity index (χ4v) is 2.86. The summed E-state index contributed by atoms with van der Waals surface area (Å²) < 4.78 is 5.14. The van der Waals surface area contributed by atoms with Crippen LogP contribution in [0.5, 0.6) is 5.88 Å². The van der Waals surface area contributed by atoms with E-state index >= 15 is 0 Å². The van der Waals surface area contributed by atoms with Crippen LogP contribution in [0.3, 0.4) is 0 Å². The number of pyridine rings is 1. The third-order valence-corrected chi connectivity index (χ3v) is 3.97. The zero-order valence-electron chi connectivity index (χ0n) is 11.4. The summed E-state index contributed by atoms with van der Waals surface area (Å²) in [7, 11) is 1.64. The van der Waals surface area contributed by atoms with Gasteiger partial charge < -0.3 is 10.1 Å². The van der Waals surface area contributed by atoms with E-state index in [9.17, 15) is 0 Å². The van der Waals surface area contributed by atoms with Crippen LogP contribution in [-0.2, 0) is 6.54 Å². The highest BCUT2D eigenvalue weighted by Crippen LogP contribution is 2.23. The van der Waals surface area contributed by atoms with Crippen LogP contribution >= 0.6 is 11.3 Å². The normalized spacial score (nSPS) is 12.3. The largest absolute Gasteiger partial charge is 0.481 e. The highest BCUT2D eigenvalue weighted by atomic mass is 32.1. The van der Waals surface area contributed by atoms with E-state index in [0.29, 0.717) is 11.9 Å². The summed E-state index contributed by atoms with van der Waals surface area (Å²) in [4.78, 5) is 5.82. The second-order valence-corrected chi connectivity index (χ2v) is 5.39. The first-order valence-corrected chi connectivity index (χ1v) is 7.48. The standard InChI is InChI=1S/C15H20N2OS/c1-3-6-13(14-8-5-10-19-14)16-11-12-7-4-9-15(17-12)18-2/h4-5,7-10,13,16H,3,6,11H2,1-2H3. The third-order valence-electron chi connectivity index (χ3n) is 2.98. The van der Waals surface area contributed by atoms with Gasteiger partial charge in [-0.3, -0.25) is 0 Å². The van der Waals surface area contributed by atoms with Crippen molar-refractivity contribution in [1.82, 2.24) is 10.3 Å². The molecule has 0 spiro atoms. The van der Waals surface area contributed by atoms with E-state index in [4.69, 9.17) is 4.74 Å². The SMILES string of the molecule is CCCC(NCc1cccc(OC)n1)c1cccs1. The molecular weight excluding hydrogens is 256 g/mol. The summed E-state index contributed by atoms with van der Waals surface area (Å²) in [5, 5.41) is 5.71. The molecule has 2 aromatic heterocycles. The van der Waals surface area contributed by atoms with Crippen LogP contribution in [0.2, 0.25) is 0 Å². The molecule has 0 fully saturated rings. The number of ether oxygens (including phenoxy) is 1. The molecule has 0 aliphatic heterocycles. The highest BCUT2D eigenvalue weighted by molar-refractivity contribution is 7.10. The minimum Gasteiger partial charge on any atom is -0.481 e. The lowest BCUT2D eigenvalue weighted by atomic mass is 10.1. The molecule has 2 heterocycles. The van der Waals surface area contributed by atoms with E-state index in [1.54, 1.807) is 18.4 Å². The first-order chi connectivity index (χ1) is 9.33. The van der Waals surface area contributed by atoms with Crippen LogP contribution in [0, 0.1) is 0 Å². The lowest BCUT2D eigenvalue weighted by Gasteiger charge is -2.16. The first-order valence-electron chi connectivity index (χ1n) is 6.60. The van der Waals surface area contributed by atoms with Gasteiger partial charge in [0.1, 0.15) is 0 Å². The number of nitrogens with one attached hydrogen (secondary N) is 1. The first kappa shape index (κ1) is 14.0. The lowest BCUT2D eigenvalue weighted by molar-refractivity contribution is 0.394. The van der Waals surface area contributed by atoms with Gasteiger partial charge >= 0.3 is 0 Å². The molecule has 2 aromatic rings. The number of hydrogen-bond acceptors (Lipinski definition) is 4. The molecule has 0 saturated carbocycles. The summed E-state index contributed by atoms with van der Waals surface area (Å²) in [6.07, 6.45) is 2.31. The maximum atomic E-state index is 5.14. The summed E-state index contributed by atoms with van der Waals surface area (Å²) in [6.45, 7) is 2.98. The van der Waals surface area contributed by atoms with Gasteiger partial charge in [-0.25, -0.2) is 4.98 Å². The molecule has 0 amide bonds. The Morgan fingerprint density at radius 2 is 2.21 bits per heavy atom. The van der Waals surface area contributed by atoms with Crippen molar-refractivity contribution < 1.29 is 4.74 Å².